The predicted octanol–water partition coefficient (Wildman–Crippen LogP) is 1.24. The Balaban J connectivity index is 1.56. The molecule has 0 saturated heterocycles. The summed E-state index contributed by atoms with van der Waals surface area (Å²) in [5.74, 6) is 0.585. The number of hydrogen-bond acceptors (Lipinski definition) is 5. The molecule has 114 valence electrons. The number of nitrogens with zero attached hydrogens (tertiary/aromatic N) is 4. The summed E-state index contributed by atoms with van der Waals surface area (Å²) in [6.45, 7) is 3.87. The Bertz CT molecular complexity index is 662. The standard InChI is InChI=1S/C15H18N6O/c1-11-4-6-13(7-5-11)16-14(22)10-21-8-2-3-12(9-21)15-17-19-20-18-15/h3-7H,2,8-10H2,1H3,(H,16,22)(H,17,18,19,20). The third kappa shape index (κ3) is 3.56. The lowest BCUT2D eigenvalue weighted by atomic mass is 10.1. The van der Waals surface area contributed by atoms with Gasteiger partial charge < -0.3 is 5.32 Å². The van der Waals surface area contributed by atoms with Crippen molar-refractivity contribution in [3.63, 3.8) is 0 Å². The molecule has 7 heteroatoms. The molecule has 7 nitrogen and oxygen atoms in total. The zero-order valence-corrected chi connectivity index (χ0v) is 12.4. The third-order valence-electron chi connectivity index (χ3n) is 3.57. The van der Waals surface area contributed by atoms with Crippen LogP contribution in [-0.4, -0.2) is 51.1 Å². The van der Waals surface area contributed by atoms with Crippen molar-refractivity contribution in [2.45, 2.75) is 13.3 Å². The van der Waals surface area contributed by atoms with Gasteiger partial charge in [0.1, 0.15) is 0 Å². The molecule has 0 aliphatic carbocycles. The summed E-state index contributed by atoms with van der Waals surface area (Å²) in [5, 5.41) is 16.9. The highest BCUT2D eigenvalue weighted by molar-refractivity contribution is 5.92. The average Bonchev–Trinajstić information content (AvgIpc) is 3.04. The lowest BCUT2D eigenvalue weighted by Gasteiger charge is -2.25. The molecule has 0 bridgehead atoms. The molecule has 22 heavy (non-hydrogen) atoms. The zero-order chi connectivity index (χ0) is 15.4. The van der Waals surface area contributed by atoms with E-state index in [1.165, 1.54) is 5.56 Å². The second kappa shape index (κ2) is 6.48. The highest BCUT2D eigenvalue weighted by Gasteiger charge is 2.18. The molecule has 1 amide bonds. The lowest BCUT2D eigenvalue weighted by molar-refractivity contribution is -0.117. The smallest absolute Gasteiger partial charge is 0.238 e. The third-order valence-corrected chi connectivity index (χ3v) is 3.57. The quantitative estimate of drug-likeness (QED) is 0.886. The summed E-state index contributed by atoms with van der Waals surface area (Å²) in [5.41, 5.74) is 2.99. The normalized spacial score (nSPS) is 15.4. The van der Waals surface area contributed by atoms with Crippen LogP contribution in [0.4, 0.5) is 5.69 Å². The first-order chi connectivity index (χ1) is 10.7. The first-order valence-corrected chi connectivity index (χ1v) is 7.22. The van der Waals surface area contributed by atoms with E-state index in [0.29, 0.717) is 18.9 Å². The molecule has 0 atom stereocenters. The number of tetrazole rings is 1. The van der Waals surface area contributed by atoms with Gasteiger partial charge in [-0.1, -0.05) is 23.8 Å². The lowest BCUT2D eigenvalue weighted by Crippen LogP contribution is -2.36. The molecule has 1 aromatic heterocycles. The molecule has 0 saturated carbocycles. The van der Waals surface area contributed by atoms with Crippen molar-refractivity contribution in [3.8, 4) is 0 Å². The number of benzene rings is 1. The zero-order valence-electron chi connectivity index (χ0n) is 12.4. The van der Waals surface area contributed by atoms with E-state index in [9.17, 15) is 4.79 Å². The van der Waals surface area contributed by atoms with E-state index in [1.807, 2.05) is 31.2 Å². The SMILES string of the molecule is Cc1ccc(NC(=O)CN2CCC=C(c3nn[nH]n3)C2)cc1. The fraction of sp³-hybridized carbons (Fsp3) is 0.333. The molecular formula is C15H18N6O. The second-order valence-electron chi connectivity index (χ2n) is 5.38. The molecule has 1 aliphatic heterocycles. The first-order valence-electron chi connectivity index (χ1n) is 7.22. The number of carbonyl (C=O) groups excluding carboxylic acids is 1. The van der Waals surface area contributed by atoms with Crippen molar-refractivity contribution in [3.05, 3.63) is 41.7 Å². The van der Waals surface area contributed by atoms with Crippen LogP contribution < -0.4 is 5.32 Å². The number of H-pyrrole nitrogens is 1. The van der Waals surface area contributed by atoms with E-state index < -0.39 is 0 Å². The van der Waals surface area contributed by atoms with Crippen LogP contribution in [0.5, 0.6) is 0 Å². The van der Waals surface area contributed by atoms with Crippen LogP contribution in [0.15, 0.2) is 30.3 Å². The maximum atomic E-state index is 12.1. The van der Waals surface area contributed by atoms with Crippen LogP contribution in [-0.2, 0) is 4.79 Å². The van der Waals surface area contributed by atoms with Crippen LogP contribution in [0.3, 0.4) is 0 Å². The van der Waals surface area contributed by atoms with Gasteiger partial charge in [-0.15, -0.1) is 10.2 Å². The summed E-state index contributed by atoms with van der Waals surface area (Å²) in [4.78, 5) is 14.2. The number of nitrogens with one attached hydrogen (secondary N) is 2. The summed E-state index contributed by atoms with van der Waals surface area (Å²) >= 11 is 0. The summed E-state index contributed by atoms with van der Waals surface area (Å²) in [7, 11) is 0. The van der Waals surface area contributed by atoms with E-state index in [0.717, 1.165) is 24.2 Å². The van der Waals surface area contributed by atoms with Gasteiger partial charge in [0, 0.05) is 24.4 Å². The number of carbonyl (C=O) groups is 1. The number of aromatic nitrogens is 4. The molecular weight excluding hydrogens is 280 g/mol. The summed E-state index contributed by atoms with van der Waals surface area (Å²) < 4.78 is 0. The van der Waals surface area contributed by atoms with Crippen LogP contribution in [0, 0.1) is 6.92 Å². The van der Waals surface area contributed by atoms with E-state index in [2.05, 4.69) is 36.9 Å². The maximum absolute atomic E-state index is 12.1. The van der Waals surface area contributed by atoms with Gasteiger partial charge in [0.05, 0.1) is 6.54 Å². The number of amides is 1. The Labute approximate surface area is 128 Å². The second-order valence-corrected chi connectivity index (χ2v) is 5.38. The van der Waals surface area contributed by atoms with Gasteiger partial charge >= 0.3 is 0 Å². The monoisotopic (exact) mass is 298 g/mol. The van der Waals surface area contributed by atoms with Crippen molar-refractivity contribution in [2.75, 3.05) is 25.0 Å². The summed E-state index contributed by atoms with van der Waals surface area (Å²) in [6, 6.07) is 7.78. The van der Waals surface area contributed by atoms with E-state index in [4.69, 9.17) is 0 Å². The van der Waals surface area contributed by atoms with Gasteiger partial charge in [0.2, 0.25) is 11.7 Å². The fourth-order valence-electron chi connectivity index (χ4n) is 2.44. The Kier molecular flexibility index (Phi) is 4.24. The highest BCUT2D eigenvalue weighted by atomic mass is 16.2. The Morgan fingerprint density at radius 3 is 2.91 bits per heavy atom. The van der Waals surface area contributed by atoms with Crippen LogP contribution in [0.25, 0.3) is 5.57 Å². The van der Waals surface area contributed by atoms with Crippen molar-refractivity contribution >= 4 is 17.2 Å². The number of aromatic amines is 1. The van der Waals surface area contributed by atoms with E-state index in [1.54, 1.807) is 0 Å². The minimum Gasteiger partial charge on any atom is -0.325 e. The van der Waals surface area contributed by atoms with E-state index in [-0.39, 0.29) is 5.91 Å². The van der Waals surface area contributed by atoms with Crippen LogP contribution in [0.1, 0.15) is 17.8 Å². The average molecular weight is 298 g/mol. The Morgan fingerprint density at radius 2 is 2.18 bits per heavy atom. The predicted molar refractivity (Wildman–Crippen MR) is 83.0 cm³/mol. The van der Waals surface area contributed by atoms with Gasteiger partial charge in [-0.3, -0.25) is 9.69 Å². The molecule has 2 N–H and O–H groups in total. The van der Waals surface area contributed by atoms with Crippen molar-refractivity contribution in [1.29, 1.82) is 0 Å². The summed E-state index contributed by atoms with van der Waals surface area (Å²) in [6.07, 6.45) is 2.97. The molecule has 1 aliphatic rings. The number of rotatable bonds is 4. The number of anilines is 1. The largest absolute Gasteiger partial charge is 0.325 e. The van der Waals surface area contributed by atoms with Gasteiger partial charge in [0.25, 0.3) is 0 Å². The molecule has 0 spiro atoms. The van der Waals surface area contributed by atoms with Crippen molar-refractivity contribution in [2.24, 2.45) is 0 Å². The van der Waals surface area contributed by atoms with Crippen LogP contribution in [0.2, 0.25) is 0 Å². The van der Waals surface area contributed by atoms with Gasteiger partial charge in [-0.25, -0.2) is 0 Å². The minimum absolute atomic E-state index is 0.0155. The number of aryl methyl sites for hydroxylation is 1. The minimum atomic E-state index is -0.0155. The molecule has 2 heterocycles. The Morgan fingerprint density at radius 1 is 1.36 bits per heavy atom. The van der Waals surface area contributed by atoms with Crippen molar-refractivity contribution < 1.29 is 4.79 Å². The Hall–Kier alpha value is -2.54. The van der Waals surface area contributed by atoms with Crippen LogP contribution >= 0.6 is 0 Å². The molecule has 2 aromatic rings. The molecule has 0 fully saturated rings. The van der Waals surface area contributed by atoms with Gasteiger partial charge in [-0.05, 0) is 30.7 Å². The van der Waals surface area contributed by atoms with Crippen molar-refractivity contribution in [1.82, 2.24) is 25.5 Å². The molecule has 1 aromatic carbocycles. The van der Waals surface area contributed by atoms with E-state index >= 15 is 0 Å². The van der Waals surface area contributed by atoms with Gasteiger partial charge in [-0.2, -0.15) is 5.21 Å². The maximum Gasteiger partial charge on any atom is 0.238 e. The molecule has 3 rings (SSSR count). The molecule has 0 radical (unpaired) electrons. The number of hydrogen-bond donors (Lipinski definition) is 2. The van der Waals surface area contributed by atoms with Gasteiger partial charge in [0.15, 0.2) is 0 Å². The first kappa shape index (κ1) is 14.4. The topological polar surface area (TPSA) is 86.8 Å². The highest BCUT2D eigenvalue weighted by Crippen LogP contribution is 2.16. The molecule has 0 unspecified atom stereocenters. The fourth-order valence-corrected chi connectivity index (χ4v) is 2.44.